The molecule has 0 radical (unpaired) electrons. The molecule has 0 spiro atoms. The van der Waals surface area contributed by atoms with Crippen molar-refractivity contribution in [2.75, 3.05) is 0 Å². The van der Waals surface area contributed by atoms with Gasteiger partial charge in [0.15, 0.2) is 0 Å². The van der Waals surface area contributed by atoms with E-state index >= 15 is 0 Å². The Bertz CT molecular complexity index is 616. The lowest BCUT2D eigenvalue weighted by atomic mass is 10.0. The first-order valence-corrected chi connectivity index (χ1v) is 6.91. The zero-order valence-corrected chi connectivity index (χ0v) is 12.4. The van der Waals surface area contributed by atoms with Gasteiger partial charge in [0, 0.05) is 24.1 Å². The third-order valence-electron chi connectivity index (χ3n) is 3.20. The molecule has 2 amide bonds. The lowest BCUT2D eigenvalue weighted by Crippen LogP contribution is -2.41. The molecular formula is C14H17N3O6. The molecule has 0 heterocycles. The molecule has 1 rings (SSSR count). The van der Waals surface area contributed by atoms with Crippen LogP contribution in [0.2, 0.25) is 0 Å². The van der Waals surface area contributed by atoms with Crippen LogP contribution < -0.4 is 10.9 Å². The van der Waals surface area contributed by atoms with Gasteiger partial charge in [-0.05, 0) is 18.9 Å². The minimum Gasteiger partial charge on any atom is -0.481 e. The van der Waals surface area contributed by atoms with Gasteiger partial charge in [-0.15, -0.1) is 0 Å². The van der Waals surface area contributed by atoms with Crippen LogP contribution in [0, 0.1) is 16.0 Å². The van der Waals surface area contributed by atoms with Crippen molar-refractivity contribution < 1.29 is 24.4 Å². The standard InChI is InChI=1S/C14H17N3O6/c1-2-9(14(20)21)6-7-12(18)15-16-13(19)10-4-3-5-11(8-10)17(22)23/h3-5,8-9H,2,6-7H2,1H3,(H,15,18)(H,16,19)(H,20,21)/t9-/m0/s1. The molecule has 0 unspecified atom stereocenters. The van der Waals surface area contributed by atoms with Crippen molar-refractivity contribution in [3.63, 3.8) is 0 Å². The number of hydrogen-bond acceptors (Lipinski definition) is 5. The molecule has 0 aliphatic carbocycles. The van der Waals surface area contributed by atoms with Gasteiger partial charge in [0.2, 0.25) is 5.91 Å². The number of hydrogen-bond donors (Lipinski definition) is 3. The Balaban J connectivity index is 2.49. The molecule has 0 bridgehead atoms. The zero-order chi connectivity index (χ0) is 17.4. The first-order chi connectivity index (χ1) is 10.8. The highest BCUT2D eigenvalue weighted by Gasteiger charge is 2.17. The van der Waals surface area contributed by atoms with Crippen LogP contribution >= 0.6 is 0 Å². The lowest BCUT2D eigenvalue weighted by Gasteiger charge is -2.10. The van der Waals surface area contributed by atoms with E-state index in [0.717, 1.165) is 6.07 Å². The number of nitro benzene ring substituents is 1. The Labute approximate surface area is 131 Å². The maximum absolute atomic E-state index is 11.8. The number of nitro groups is 1. The van der Waals surface area contributed by atoms with Crippen molar-refractivity contribution in [3.05, 3.63) is 39.9 Å². The highest BCUT2D eigenvalue weighted by Crippen LogP contribution is 2.13. The normalized spacial score (nSPS) is 11.3. The Morgan fingerprint density at radius 3 is 2.57 bits per heavy atom. The number of hydrazine groups is 1. The molecule has 0 aliphatic rings. The van der Waals surface area contributed by atoms with Crippen LogP contribution in [0.1, 0.15) is 36.5 Å². The number of carbonyl (C=O) groups is 3. The number of benzene rings is 1. The Morgan fingerprint density at radius 2 is 2.00 bits per heavy atom. The minimum atomic E-state index is -0.971. The molecule has 0 saturated heterocycles. The van der Waals surface area contributed by atoms with Gasteiger partial charge >= 0.3 is 5.97 Å². The summed E-state index contributed by atoms with van der Waals surface area (Å²) in [4.78, 5) is 44.2. The van der Waals surface area contributed by atoms with E-state index in [1.165, 1.54) is 18.2 Å². The predicted molar refractivity (Wildman–Crippen MR) is 79.4 cm³/mol. The maximum atomic E-state index is 11.8. The molecule has 3 N–H and O–H groups in total. The molecule has 0 aliphatic heterocycles. The van der Waals surface area contributed by atoms with E-state index in [1.807, 2.05) is 0 Å². The van der Waals surface area contributed by atoms with Crippen molar-refractivity contribution in [1.29, 1.82) is 0 Å². The van der Waals surface area contributed by atoms with Gasteiger partial charge in [-0.2, -0.15) is 0 Å². The molecule has 23 heavy (non-hydrogen) atoms. The Hall–Kier alpha value is -2.97. The Kier molecular flexibility index (Phi) is 6.66. The lowest BCUT2D eigenvalue weighted by molar-refractivity contribution is -0.384. The van der Waals surface area contributed by atoms with Gasteiger partial charge in [0.1, 0.15) is 0 Å². The van der Waals surface area contributed by atoms with E-state index in [2.05, 4.69) is 10.9 Å². The van der Waals surface area contributed by atoms with Crippen molar-refractivity contribution in [2.45, 2.75) is 26.2 Å². The van der Waals surface area contributed by atoms with Crippen molar-refractivity contribution >= 4 is 23.5 Å². The van der Waals surface area contributed by atoms with Crippen molar-refractivity contribution in [1.82, 2.24) is 10.9 Å². The maximum Gasteiger partial charge on any atom is 0.306 e. The van der Waals surface area contributed by atoms with Gasteiger partial charge in [-0.1, -0.05) is 13.0 Å². The van der Waals surface area contributed by atoms with E-state index in [0.29, 0.717) is 6.42 Å². The molecule has 9 heteroatoms. The van der Waals surface area contributed by atoms with E-state index in [-0.39, 0.29) is 24.1 Å². The molecule has 1 aromatic carbocycles. The van der Waals surface area contributed by atoms with E-state index in [4.69, 9.17) is 5.11 Å². The minimum absolute atomic E-state index is 0.0245. The third kappa shape index (κ3) is 5.73. The average molecular weight is 323 g/mol. The number of aliphatic carboxylic acids is 1. The van der Waals surface area contributed by atoms with Crippen LogP contribution in [0.25, 0.3) is 0 Å². The van der Waals surface area contributed by atoms with Crippen LogP contribution in [0.15, 0.2) is 24.3 Å². The fraction of sp³-hybridized carbons (Fsp3) is 0.357. The number of non-ortho nitro benzene ring substituents is 1. The van der Waals surface area contributed by atoms with Gasteiger partial charge in [0.25, 0.3) is 11.6 Å². The number of rotatable bonds is 7. The van der Waals surface area contributed by atoms with Crippen molar-refractivity contribution in [2.24, 2.45) is 5.92 Å². The van der Waals surface area contributed by atoms with E-state index in [1.54, 1.807) is 6.92 Å². The third-order valence-corrected chi connectivity index (χ3v) is 3.20. The predicted octanol–water partition coefficient (Wildman–Crippen LogP) is 1.25. The highest BCUT2D eigenvalue weighted by atomic mass is 16.6. The molecule has 0 fully saturated rings. The van der Waals surface area contributed by atoms with Crippen LogP contribution in [0.5, 0.6) is 0 Å². The monoisotopic (exact) mass is 323 g/mol. The van der Waals surface area contributed by atoms with Gasteiger partial charge in [0.05, 0.1) is 10.8 Å². The summed E-state index contributed by atoms with van der Waals surface area (Å²) in [7, 11) is 0. The molecular weight excluding hydrogens is 306 g/mol. The summed E-state index contributed by atoms with van der Waals surface area (Å²) in [5, 5.41) is 19.5. The van der Waals surface area contributed by atoms with E-state index < -0.39 is 28.6 Å². The summed E-state index contributed by atoms with van der Waals surface area (Å²) in [6.45, 7) is 1.71. The first-order valence-electron chi connectivity index (χ1n) is 6.91. The van der Waals surface area contributed by atoms with E-state index in [9.17, 15) is 24.5 Å². The zero-order valence-electron chi connectivity index (χ0n) is 12.4. The SMILES string of the molecule is CC[C@@H](CCC(=O)NNC(=O)c1cccc([N+](=O)[O-])c1)C(=O)O. The average Bonchev–Trinajstić information content (AvgIpc) is 2.52. The number of nitrogens with one attached hydrogen (secondary N) is 2. The fourth-order valence-corrected chi connectivity index (χ4v) is 1.83. The molecule has 0 aromatic heterocycles. The fourth-order valence-electron chi connectivity index (χ4n) is 1.83. The number of amides is 2. The van der Waals surface area contributed by atoms with Gasteiger partial charge in [-0.3, -0.25) is 35.3 Å². The number of carboxylic acid groups (broad SMARTS) is 1. The quantitative estimate of drug-likeness (QED) is 0.510. The van der Waals surface area contributed by atoms with Crippen LogP contribution in [0.3, 0.4) is 0 Å². The molecule has 124 valence electrons. The number of nitrogens with zero attached hydrogens (tertiary/aromatic N) is 1. The summed E-state index contributed by atoms with van der Waals surface area (Å²) in [6, 6.07) is 5.05. The second-order valence-corrected chi connectivity index (χ2v) is 4.79. The van der Waals surface area contributed by atoms with Crippen LogP contribution in [0.4, 0.5) is 5.69 Å². The molecule has 1 aromatic rings. The smallest absolute Gasteiger partial charge is 0.306 e. The summed E-state index contributed by atoms with van der Waals surface area (Å²) in [5.41, 5.74) is 4.06. The van der Waals surface area contributed by atoms with Crippen LogP contribution in [-0.4, -0.2) is 27.8 Å². The summed E-state index contributed by atoms with van der Waals surface area (Å²) in [5.74, 6) is -2.83. The molecule has 1 atom stereocenters. The topological polar surface area (TPSA) is 139 Å². The number of carbonyl (C=O) groups excluding carboxylic acids is 2. The second-order valence-electron chi connectivity index (χ2n) is 4.79. The first kappa shape index (κ1) is 18.1. The van der Waals surface area contributed by atoms with Crippen LogP contribution in [-0.2, 0) is 9.59 Å². The number of carboxylic acids is 1. The van der Waals surface area contributed by atoms with Gasteiger partial charge < -0.3 is 5.11 Å². The summed E-state index contributed by atoms with van der Waals surface area (Å²) >= 11 is 0. The Morgan fingerprint density at radius 1 is 1.30 bits per heavy atom. The summed E-state index contributed by atoms with van der Waals surface area (Å²) < 4.78 is 0. The largest absolute Gasteiger partial charge is 0.481 e. The summed E-state index contributed by atoms with van der Waals surface area (Å²) in [6.07, 6.45) is 0.507. The highest BCUT2D eigenvalue weighted by molar-refractivity contribution is 5.95. The van der Waals surface area contributed by atoms with Gasteiger partial charge in [-0.25, -0.2) is 0 Å². The molecule has 0 saturated carbocycles. The second kappa shape index (κ2) is 8.47. The molecule has 9 nitrogen and oxygen atoms in total. The van der Waals surface area contributed by atoms with Crippen molar-refractivity contribution in [3.8, 4) is 0 Å².